The number of ketones is 1. The maximum Gasteiger partial charge on any atom is 0.173 e. The number of hydrogen-bond donors (Lipinski definition) is 1. The predicted molar refractivity (Wildman–Crippen MR) is 69.4 cm³/mol. The van der Waals surface area contributed by atoms with Crippen molar-refractivity contribution in [3.63, 3.8) is 0 Å². The Hall–Kier alpha value is -1.35. The first-order valence-corrected chi connectivity index (χ1v) is 5.89. The van der Waals surface area contributed by atoms with Crippen molar-refractivity contribution >= 4 is 5.78 Å². The van der Waals surface area contributed by atoms with Crippen molar-refractivity contribution in [2.45, 2.75) is 33.8 Å². The van der Waals surface area contributed by atoms with E-state index >= 15 is 0 Å². The molecule has 1 aromatic rings. The molecule has 0 heterocycles. The lowest BCUT2D eigenvalue weighted by atomic mass is 9.84. The smallest absolute Gasteiger partial charge is 0.173 e. The van der Waals surface area contributed by atoms with E-state index in [-0.39, 0.29) is 11.9 Å². The second-order valence-corrected chi connectivity index (χ2v) is 5.08. The number of Topliss-reactive ketones (excluding diaryl/α,β-unsaturated/α-hetero) is 1. The zero-order chi connectivity index (χ0) is 13.1. The van der Waals surface area contributed by atoms with Crippen LogP contribution in [-0.2, 0) is 0 Å². The van der Waals surface area contributed by atoms with Crippen LogP contribution in [0.5, 0.6) is 5.75 Å². The van der Waals surface area contributed by atoms with Crippen LogP contribution in [0.25, 0.3) is 0 Å². The van der Waals surface area contributed by atoms with Gasteiger partial charge in [0.1, 0.15) is 5.75 Å². The van der Waals surface area contributed by atoms with Gasteiger partial charge in [0.15, 0.2) is 5.78 Å². The predicted octanol–water partition coefficient (Wildman–Crippen LogP) is 2.64. The van der Waals surface area contributed by atoms with Crippen LogP contribution in [0.3, 0.4) is 0 Å². The number of carbonyl (C=O) groups excluding carboxylic acids is 1. The average Bonchev–Trinajstić information content (AvgIpc) is 2.28. The monoisotopic (exact) mass is 235 g/mol. The molecule has 0 fully saturated rings. The number of nitrogens with two attached hydrogens (primary N) is 1. The van der Waals surface area contributed by atoms with Crippen LogP contribution >= 0.6 is 0 Å². The van der Waals surface area contributed by atoms with Crippen LogP contribution in [0.15, 0.2) is 24.3 Å². The molecule has 0 aliphatic carbocycles. The first kappa shape index (κ1) is 13.7. The van der Waals surface area contributed by atoms with Crippen LogP contribution < -0.4 is 10.5 Å². The maximum absolute atomic E-state index is 12.3. The van der Waals surface area contributed by atoms with Crippen LogP contribution in [0.2, 0.25) is 0 Å². The Balaban J connectivity index is 3.09. The largest absolute Gasteiger partial charge is 0.490 e. The molecule has 0 saturated heterocycles. The van der Waals surface area contributed by atoms with Gasteiger partial charge in [0.2, 0.25) is 0 Å². The number of carbonyl (C=O) groups is 1. The quantitative estimate of drug-likeness (QED) is 0.798. The van der Waals surface area contributed by atoms with Gasteiger partial charge in [-0.15, -0.1) is 0 Å². The van der Waals surface area contributed by atoms with Crippen molar-refractivity contribution in [1.82, 2.24) is 0 Å². The molecule has 3 nitrogen and oxygen atoms in total. The molecule has 0 unspecified atom stereocenters. The topological polar surface area (TPSA) is 52.3 Å². The van der Waals surface area contributed by atoms with Crippen molar-refractivity contribution in [2.24, 2.45) is 11.1 Å². The van der Waals surface area contributed by atoms with Crippen molar-refractivity contribution in [3.05, 3.63) is 29.8 Å². The molecular weight excluding hydrogens is 214 g/mol. The van der Waals surface area contributed by atoms with E-state index in [1.807, 2.05) is 45.9 Å². The third-order valence-corrected chi connectivity index (χ3v) is 2.62. The van der Waals surface area contributed by atoms with Crippen LogP contribution in [0.4, 0.5) is 0 Å². The Morgan fingerprint density at radius 3 is 2.47 bits per heavy atom. The summed E-state index contributed by atoms with van der Waals surface area (Å²) in [6.45, 7) is 7.90. The van der Waals surface area contributed by atoms with E-state index in [0.717, 1.165) is 0 Å². The van der Waals surface area contributed by atoms with E-state index in [9.17, 15) is 4.79 Å². The van der Waals surface area contributed by atoms with Gasteiger partial charge < -0.3 is 10.5 Å². The highest BCUT2D eigenvalue weighted by Crippen LogP contribution is 2.27. The highest BCUT2D eigenvalue weighted by molar-refractivity contribution is 6.02. The second-order valence-electron chi connectivity index (χ2n) is 5.08. The molecule has 0 aliphatic heterocycles. The Kier molecular flexibility index (Phi) is 4.29. The summed E-state index contributed by atoms with van der Waals surface area (Å²) >= 11 is 0. The molecule has 0 aromatic heterocycles. The summed E-state index contributed by atoms with van der Waals surface area (Å²) in [7, 11) is 0. The lowest BCUT2D eigenvalue weighted by Gasteiger charge is -2.22. The summed E-state index contributed by atoms with van der Waals surface area (Å²) in [5.41, 5.74) is 5.68. The molecular formula is C14H21NO2. The molecule has 2 N–H and O–H groups in total. The van der Waals surface area contributed by atoms with Gasteiger partial charge in [-0.3, -0.25) is 4.79 Å². The summed E-state index contributed by atoms with van der Waals surface area (Å²) < 4.78 is 5.64. The highest BCUT2D eigenvalue weighted by Gasteiger charge is 2.29. The Morgan fingerprint density at radius 2 is 1.94 bits per heavy atom. The van der Waals surface area contributed by atoms with Crippen molar-refractivity contribution < 1.29 is 9.53 Å². The molecule has 0 atom stereocenters. The fourth-order valence-corrected chi connectivity index (χ4v) is 1.47. The number of ether oxygens (including phenoxy) is 1. The van der Waals surface area contributed by atoms with E-state index in [0.29, 0.717) is 17.9 Å². The lowest BCUT2D eigenvalue weighted by molar-refractivity contribution is 0.0841. The van der Waals surface area contributed by atoms with Crippen molar-refractivity contribution in [1.29, 1.82) is 0 Å². The number of benzene rings is 1. The zero-order valence-electron chi connectivity index (χ0n) is 11.0. The maximum atomic E-state index is 12.3. The molecule has 1 aromatic carbocycles. The molecule has 0 aliphatic rings. The molecule has 0 spiro atoms. The van der Waals surface area contributed by atoms with Gasteiger partial charge >= 0.3 is 0 Å². The van der Waals surface area contributed by atoms with Gasteiger partial charge in [0.25, 0.3) is 0 Å². The highest BCUT2D eigenvalue weighted by atomic mass is 16.5. The summed E-state index contributed by atoms with van der Waals surface area (Å²) in [5.74, 6) is 0.658. The summed E-state index contributed by atoms with van der Waals surface area (Å²) in [5, 5.41) is 0. The van der Waals surface area contributed by atoms with E-state index < -0.39 is 5.41 Å². The van der Waals surface area contributed by atoms with Gasteiger partial charge in [-0.25, -0.2) is 0 Å². The first-order valence-electron chi connectivity index (χ1n) is 5.89. The van der Waals surface area contributed by atoms with Gasteiger partial charge in [-0.1, -0.05) is 26.0 Å². The molecule has 0 radical (unpaired) electrons. The van der Waals surface area contributed by atoms with E-state index in [4.69, 9.17) is 10.5 Å². The summed E-state index contributed by atoms with van der Waals surface area (Å²) in [6.07, 6.45) is 0.0462. The minimum atomic E-state index is -0.559. The first-order chi connectivity index (χ1) is 7.88. The third kappa shape index (κ3) is 3.30. The molecule has 1 rings (SSSR count). The minimum Gasteiger partial charge on any atom is -0.490 e. The van der Waals surface area contributed by atoms with Crippen LogP contribution in [0, 0.1) is 5.41 Å². The molecule has 0 amide bonds. The van der Waals surface area contributed by atoms with E-state index in [1.54, 1.807) is 6.07 Å². The van der Waals surface area contributed by atoms with Gasteiger partial charge in [-0.2, -0.15) is 0 Å². The molecule has 94 valence electrons. The SMILES string of the molecule is CC(C)Oc1ccccc1C(=O)C(C)(C)CN. The Labute approximate surface area is 103 Å². The van der Waals surface area contributed by atoms with E-state index in [2.05, 4.69) is 0 Å². The standard InChI is InChI=1S/C14H21NO2/c1-10(2)17-12-8-6-5-7-11(12)13(16)14(3,4)9-15/h5-8,10H,9,15H2,1-4H3. The molecule has 3 heteroatoms. The summed E-state index contributed by atoms with van der Waals surface area (Å²) in [6, 6.07) is 7.31. The van der Waals surface area contributed by atoms with Crippen molar-refractivity contribution in [3.8, 4) is 5.75 Å². The molecule has 17 heavy (non-hydrogen) atoms. The Morgan fingerprint density at radius 1 is 1.35 bits per heavy atom. The van der Waals surface area contributed by atoms with E-state index in [1.165, 1.54) is 0 Å². The third-order valence-electron chi connectivity index (χ3n) is 2.62. The number of hydrogen-bond acceptors (Lipinski definition) is 3. The lowest BCUT2D eigenvalue weighted by Crippen LogP contribution is -2.33. The van der Waals surface area contributed by atoms with Crippen LogP contribution in [-0.4, -0.2) is 18.4 Å². The summed E-state index contributed by atoms with van der Waals surface area (Å²) in [4.78, 5) is 12.3. The normalized spacial score (nSPS) is 11.6. The van der Waals surface area contributed by atoms with Crippen LogP contribution in [0.1, 0.15) is 38.1 Å². The minimum absolute atomic E-state index is 0.0243. The van der Waals surface area contributed by atoms with Gasteiger partial charge in [0, 0.05) is 12.0 Å². The molecule has 0 saturated carbocycles. The zero-order valence-corrected chi connectivity index (χ0v) is 11.0. The number of para-hydroxylation sites is 1. The van der Waals surface area contributed by atoms with Gasteiger partial charge in [0.05, 0.1) is 11.7 Å². The van der Waals surface area contributed by atoms with Gasteiger partial charge in [-0.05, 0) is 26.0 Å². The second kappa shape index (κ2) is 5.32. The molecule has 0 bridgehead atoms. The number of rotatable bonds is 5. The fraction of sp³-hybridized carbons (Fsp3) is 0.500. The average molecular weight is 235 g/mol. The Bertz CT molecular complexity index is 397. The fourth-order valence-electron chi connectivity index (χ4n) is 1.47. The van der Waals surface area contributed by atoms with Crippen molar-refractivity contribution in [2.75, 3.05) is 6.54 Å².